The number of urea groups is 1. The maximum Gasteiger partial charge on any atom is 0.317 e. The van der Waals surface area contributed by atoms with Crippen molar-refractivity contribution in [3.05, 3.63) is 0 Å². The highest BCUT2D eigenvalue weighted by Gasteiger charge is 2.33. The molecule has 1 unspecified atom stereocenters. The number of likely N-dealkylation sites (tertiary alicyclic amines) is 1. The Morgan fingerprint density at radius 1 is 1.44 bits per heavy atom. The first-order valence-electron chi connectivity index (χ1n) is 6.48. The third-order valence-electron chi connectivity index (χ3n) is 3.51. The molecule has 1 rings (SSSR count). The van der Waals surface area contributed by atoms with Gasteiger partial charge in [0.15, 0.2) is 0 Å². The van der Waals surface area contributed by atoms with E-state index in [0.29, 0.717) is 11.3 Å². The van der Waals surface area contributed by atoms with Crippen LogP contribution in [0.25, 0.3) is 0 Å². The van der Waals surface area contributed by atoms with Gasteiger partial charge in [-0.3, -0.25) is 0 Å². The second-order valence-corrected chi connectivity index (χ2v) is 5.88. The minimum absolute atomic E-state index is 0.125. The Kier molecular flexibility index (Phi) is 4.63. The number of nitrogens with one attached hydrogen (secondary N) is 1. The molecule has 0 spiro atoms. The Morgan fingerprint density at radius 2 is 2.12 bits per heavy atom. The summed E-state index contributed by atoms with van der Waals surface area (Å²) >= 11 is 0. The summed E-state index contributed by atoms with van der Waals surface area (Å²) in [7, 11) is 0. The molecule has 1 aliphatic rings. The lowest BCUT2D eigenvalue weighted by atomic mass is 9.80. The fourth-order valence-corrected chi connectivity index (χ4v) is 2.14. The van der Waals surface area contributed by atoms with Gasteiger partial charge < -0.3 is 10.2 Å². The monoisotopic (exact) mass is 226 g/mol. The summed E-state index contributed by atoms with van der Waals surface area (Å²) in [4.78, 5) is 13.8. The molecule has 1 atom stereocenters. The van der Waals surface area contributed by atoms with E-state index in [0.717, 1.165) is 38.9 Å². The maximum atomic E-state index is 11.8. The quantitative estimate of drug-likeness (QED) is 0.737. The van der Waals surface area contributed by atoms with Crippen molar-refractivity contribution < 1.29 is 4.79 Å². The van der Waals surface area contributed by atoms with Crippen LogP contribution < -0.4 is 5.32 Å². The zero-order valence-electron chi connectivity index (χ0n) is 11.2. The van der Waals surface area contributed by atoms with Crippen molar-refractivity contribution in [2.24, 2.45) is 11.3 Å². The molecular weight excluding hydrogens is 200 g/mol. The van der Waals surface area contributed by atoms with Gasteiger partial charge >= 0.3 is 6.03 Å². The Morgan fingerprint density at radius 3 is 2.62 bits per heavy atom. The van der Waals surface area contributed by atoms with Gasteiger partial charge in [-0.1, -0.05) is 34.1 Å². The zero-order valence-corrected chi connectivity index (χ0v) is 11.2. The van der Waals surface area contributed by atoms with Crippen LogP contribution in [-0.2, 0) is 0 Å². The fraction of sp³-hybridized carbons (Fsp3) is 0.923. The van der Waals surface area contributed by atoms with E-state index in [9.17, 15) is 4.79 Å². The molecule has 0 saturated carbocycles. The predicted octanol–water partition coefficient (Wildman–Crippen LogP) is 2.86. The van der Waals surface area contributed by atoms with Crippen molar-refractivity contribution in [1.82, 2.24) is 10.2 Å². The summed E-state index contributed by atoms with van der Waals surface area (Å²) in [6.45, 7) is 11.6. The van der Waals surface area contributed by atoms with E-state index in [-0.39, 0.29) is 6.03 Å². The third kappa shape index (κ3) is 3.69. The van der Waals surface area contributed by atoms with E-state index >= 15 is 0 Å². The number of rotatable bonds is 3. The number of carbonyl (C=O) groups excluding carboxylic acids is 1. The standard InChI is InChI=1S/C13H26N2O/c1-5-6-8-14-12(16)15-9-7-11(10-15)13(2,3)4/h11H,5-10H2,1-4H3,(H,14,16). The Bertz CT molecular complexity index is 233. The van der Waals surface area contributed by atoms with E-state index < -0.39 is 0 Å². The second kappa shape index (κ2) is 5.55. The molecule has 2 amide bonds. The smallest absolute Gasteiger partial charge is 0.317 e. The van der Waals surface area contributed by atoms with Crippen molar-refractivity contribution >= 4 is 6.03 Å². The van der Waals surface area contributed by atoms with Crippen LogP contribution in [0.3, 0.4) is 0 Å². The summed E-state index contributed by atoms with van der Waals surface area (Å²) in [5, 5.41) is 2.98. The van der Waals surface area contributed by atoms with Gasteiger partial charge in [-0.25, -0.2) is 4.79 Å². The van der Waals surface area contributed by atoms with Gasteiger partial charge in [-0.2, -0.15) is 0 Å². The number of amides is 2. The Hall–Kier alpha value is -0.730. The molecule has 0 aromatic carbocycles. The summed E-state index contributed by atoms with van der Waals surface area (Å²) in [5.74, 6) is 0.643. The van der Waals surface area contributed by atoms with Crippen LogP contribution in [0.2, 0.25) is 0 Å². The molecule has 16 heavy (non-hydrogen) atoms. The average Bonchev–Trinajstić information content (AvgIpc) is 2.66. The predicted molar refractivity (Wildman–Crippen MR) is 67.4 cm³/mol. The van der Waals surface area contributed by atoms with E-state index in [1.807, 2.05) is 4.90 Å². The first kappa shape index (κ1) is 13.3. The van der Waals surface area contributed by atoms with E-state index in [2.05, 4.69) is 33.0 Å². The molecule has 0 aromatic rings. The Balaban J connectivity index is 2.32. The van der Waals surface area contributed by atoms with Gasteiger partial charge in [0.2, 0.25) is 0 Å². The van der Waals surface area contributed by atoms with Crippen molar-refractivity contribution in [3.63, 3.8) is 0 Å². The van der Waals surface area contributed by atoms with Gasteiger partial charge in [0, 0.05) is 19.6 Å². The van der Waals surface area contributed by atoms with E-state index in [1.165, 1.54) is 0 Å². The highest BCUT2D eigenvalue weighted by molar-refractivity contribution is 5.74. The molecular formula is C13H26N2O. The summed E-state index contributed by atoms with van der Waals surface area (Å²) < 4.78 is 0. The third-order valence-corrected chi connectivity index (χ3v) is 3.51. The largest absolute Gasteiger partial charge is 0.338 e. The highest BCUT2D eigenvalue weighted by atomic mass is 16.2. The van der Waals surface area contributed by atoms with Gasteiger partial charge in [0.1, 0.15) is 0 Å². The molecule has 1 N–H and O–H groups in total. The highest BCUT2D eigenvalue weighted by Crippen LogP contribution is 2.33. The summed E-state index contributed by atoms with van der Waals surface area (Å²) in [5.41, 5.74) is 0.318. The van der Waals surface area contributed by atoms with Crippen LogP contribution >= 0.6 is 0 Å². The van der Waals surface area contributed by atoms with Gasteiger partial charge in [0.25, 0.3) is 0 Å². The van der Waals surface area contributed by atoms with Crippen LogP contribution in [0.15, 0.2) is 0 Å². The van der Waals surface area contributed by atoms with Crippen LogP contribution in [0, 0.1) is 11.3 Å². The van der Waals surface area contributed by atoms with Gasteiger partial charge in [-0.15, -0.1) is 0 Å². The lowest BCUT2D eigenvalue weighted by molar-refractivity contribution is 0.197. The molecule has 3 nitrogen and oxygen atoms in total. The number of hydrogen-bond acceptors (Lipinski definition) is 1. The molecule has 94 valence electrons. The van der Waals surface area contributed by atoms with Crippen LogP contribution in [-0.4, -0.2) is 30.6 Å². The minimum Gasteiger partial charge on any atom is -0.338 e. The first-order valence-corrected chi connectivity index (χ1v) is 6.48. The lowest BCUT2D eigenvalue weighted by Gasteiger charge is -2.27. The molecule has 3 heteroatoms. The zero-order chi connectivity index (χ0) is 12.2. The van der Waals surface area contributed by atoms with Gasteiger partial charge in [0.05, 0.1) is 0 Å². The molecule has 1 heterocycles. The minimum atomic E-state index is 0.125. The molecule has 0 radical (unpaired) electrons. The summed E-state index contributed by atoms with van der Waals surface area (Å²) in [6.07, 6.45) is 3.35. The lowest BCUT2D eigenvalue weighted by Crippen LogP contribution is -2.39. The molecule has 1 saturated heterocycles. The number of nitrogens with zero attached hydrogens (tertiary/aromatic N) is 1. The van der Waals surface area contributed by atoms with Crippen LogP contribution in [0.1, 0.15) is 47.0 Å². The van der Waals surface area contributed by atoms with Crippen LogP contribution in [0.5, 0.6) is 0 Å². The maximum absolute atomic E-state index is 11.8. The first-order chi connectivity index (χ1) is 7.45. The van der Waals surface area contributed by atoms with E-state index in [1.54, 1.807) is 0 Å². The van der Waals surface area contributed by atoms with Crippen molar-refractivity contribution in [2.75, 3.05) is 19.6 Å². The van der Waals surface area contributed by atoms with Crippen molar-refractivity contribution in [2.45, 2.75) is 47.0 Å². The topological polar surface area (TPSA) is 32.3 Å². The van der Waals surface area contributed by atoms with Crippen molar-refractivity contribution in [3.8, 4) is 0 Å². The molecule has 0 aliphatic carbocycles. The molecule has 1 aliphatic heterocycles. The summed E-state index contributed by atoms with van der Waals surface area (Å²) in [6, 6.07) is 0.125. The number of unbranched alkanes of at least 4 members (excludes halogenated alkanes) is 1. The molecule has 1 fully saturated rings. The number of carbonyl (C=O) groups is 1. The Labute approximate surface area is 99.6 Å². The van der Waals surface area contributed by atoms with E-state index in [4.69, 9.17) is 0 Å². The van der Waals surface area contributed by atoms with Crippen LogP contribution in [0.4, 0.5) is 4.79 Å². The SMILES string of the molecule is CCCCNC(=O)N1CCC(C(C)(C)C)C1. The number of hydrogen-bond donors (Lipinski definition) is 1. The fourth-order valence-electron chi connectivity index (χ4n) is 2.14. The van der Waals surface area contributed by atoms with Gasteiger partial charge in [-0.05, 0) is 24.2 Å². The molecule has 0 bridgehead atoms. The second-order valence-electron chi connectivity index (χ2n) is 5.88. The normalized spacial score (nSPS) is 21.2. The molecule has 0 aromatic heterocycles. The van der Waals surface area contributed by atoms with Crippen molar-refractivity contribution in [1.29, 1.82) is 0 Å². The average molecular weight is 226 g/mol.